The van der Waals surface area contributed by atoms with Gasteiger partial charge >= 0.3 is 6.03 Å². The van der Waals surface area contributed by atoms with Gasteiger partial charge in [-0.25, -0.2) is 4.79 Å². The van der Waals surface area contributed by atoms with E-state index in [9.17, 15) is 9.59 Å². The fourth-order valence-electron chi connectivity index (χ4n) is 2.35. The number of carbonyl (C=O) groups excluding carboxylic acids is 2. The zero-order valence-corrected chi connectivity index (χ0v) is 11.4. The summed E-state index contributed by atoms with van der Waals surface area (Å²) in [5, 5.41) is 8.11. The number of anilines is 1. The van der Waals surface area contributed by atoms with Crippen LogP contribution in [-0.2, 0) is 4.79 Å². The Hall–Kier alpha value is -2.31. The van der Waals surface area contributed by atoms with E-state index < -0.39 is 6.03 Å². The lowest BCUT2D eigenvalue weighted by Gasteiger charge is -2.18. The third kappa shape index (κ3) is 1.86. The van der Waals surface area contributed by atoms with E-state index in [-0.39, 0.29) is 17.9 Å². The van der Waals surface area contributed by atoms with Crippen molar-refractivity contribution < 1.29 is 14.4 Å². The molecule has 7 nitrogen and oxygen atoms in total. The van der Waals surface area contributed by atoms with Gasteiger partial charge in [-0.2, -0.15) is 4.73 Å². The van der Waals surface area contributed by atoms with Gasteiger partial charge in [-0.1, -0.05) is 0 Å². The van der Waals surface area contributed by atoms with Gasteiger partial charge in [0.2, 0.25) is 5.91 Å². The van der Waals surface area contributed by atoms with Crippen LogP contribution in [0.15, 0.2) is 12.3 Å². The second-order valence-corrected chi connectivity index (χ2v) is 5.11. The summed E-state index contributed by atoms with van der Waals surface area (Å²) in [7, 11) is 2.92. The minimum absolute atomic E-state index is 0.0287. The number of imide groups is 1. The second-order valence-electron chi connectivity index (χ2n) is 5.11. The fourth-order valence-corrected chi connectivity index (χ4v) is 2.35. The quantitative estimate of drug-likeness (QED) is 0.807. The number of amides is 3. The molecule has 2 heterocycles. The summed E-state index contributed by atoms with van der Waals surface area (Å²) < 4.78 is 1.33. The van der Waals surface area contributed by atoms with Gasteiger partial charge in [0.25, 0.3) is 0 Å². The van der Waals surface area contributed by atoms with Crippen molar-refractivity contribution in [2.24, 2.45) is 0 Å². The van der Waals surface area contributed by atoms with Crippen LogP contribution in [0.3, 0.4) is 0 Å². The van der Waals surface area contributed by atoms with Gasteiger partial charge in [-0.05, 0) is 30.4 Å². The molecule has 0 atom stereocenters. The molecule has 106 valence electrons. The number of urea groups is 1. The smallest absolute Gasteiger partial charge is 0.331 e. The molecule has 1 aromatic heterocycles. The zero-order valence-electron chi connectivity index (χ0n) is 11.4. The summed E-state index contributed by atoms with van der Waals surface area (Å²) in [5.41, 5.74) is 1.51. The number of hydrogen-bond donors (Lipinski definition) is 1. The first-order valence-corrected chi connectivity index (χ1v) is 6.46. The molecule has 2 fully saturated rings. The van der Waals surface area contributed by atoms with E-state index in [1.807, 2.05) is 6.07 Å². The maximum Gasteiger partial charge on any atom is 0.331 e. The molecule has 0 bridgehead atoms. The lowest BCUT2D eigenvalue weighted by Crippen LogP contribution is -2.36. The molecule has 1 aromatic rings. The Kier molecular flexibility index (Phi) is 2.77. The van der Waals surface area contributed by atoms with E-state index in [2.05, 4.69) is 0 Å². The number of likely N-dealkylation sites (N-methyl/N-ethyl adjacent to an activating group) is 1. The van der Waals surface area contributed by atoms with Crippen molar-refractivity contribution in [3.05, 3.63) is 23.3 Å². The Morgan fingerprint density at radius 2 is 2.05 bits per heavy atom. The largest absolute Gasteiger partial charge is 0.416 e. The van der Waals surface area contributed by atoms with E-state index in [4.69, 9.17) is 10.2 Å². The third-order valence-electron chi connectivity index (χ3n) is 3.75. The summed E-state index contributed by atoms with van der Waals surface area (Å²) in [4.78, 5) is 31.2. The molecule has 3 rings (SSSR count). The Morgan fingerprint density at radius 1 is 1.35 bits per heavy atom. The fraction of sp³-hybridized carbons (Fsp3) is 0.462. The second kappa shape index (κ2) is 4.36. The van der Waals surface area contributed by atoms with Gasteiger partial charge < -0.3 is 4.84 Å². The zero-order chi connectivity index (χ0) is 14.4. The van der Waals surface area contributed by atoms with Crippen molar-refractivity contribution in [1.29, 1.82) is 5.41 Å². The number of carbonyl (C=O) groups is 2. The Bertz CT molecular complexity index is 648. The summed E-state index contributed by atoms with van der Waals surface area (Å²) >= 11 is 0. The average molecular weight is 276 g/mol. The van der Waals surface area contributed by atoms with Crippen molar-refractivity contribution in [3.8, 4) is 0 Å². The third-order valence-corrected chi connectivity index (χ3v) is 3.75. The van der Waals surface area contributed by atoms with Crippen LogP contribution in [0.1, 0.15) is 24.3 Å². The maximum absolute atomic E-state index is 12.1. The van der Waals surface area contributed by atoms with Gasteiger partial charge in [-0.15, -0.1) is 0 Å². The number of aromatic nitrogens is 1. The molecule has 0 aromatic carbocycles. The summed E-state index contributed by atoms with van der Waals surface area (Å²) in [6, 6.07) is 1.42. The van der Waals surface area contributed by atoms with Crippen LogP contribution < -0.4 is 15.2 Å². The van der Waals surface area contributed by atoms with Gasteiger partial charge in [-0.3, -0.25) is 20.0 Å². The summed E-state index contributed by atoms with van der Waals surface area (Å²) in [6.45, 7) is -0.0287. The van der Waals surface area contributed by atoms with Crippen LogP contribution in [0.5, 0.6) is 0 Å². The first-order valence-electron chi connectivity index (χ1n) is 6.46. The van der Waals surface area contributed by atoms with Crippen molar-refractivity contribution in [2.45, 2.75) is 18.8 Å². The van der Waals surface area contributed by atoms with Crippen molar-refractivity contribution in [1.82, 2.24) is 9.63 Å². The molecule has 1 aliphatic heterocycles. The molecule has 1 aliphatic carbocycles. The molecule has 3 amide bonds. The van der Waals surface area contributed by atoms with E-state index in [0.717, 1.165) is 23.3 Å². The number of hydrogen-bond acceptors (Lipinski definition) is 4. The van der Waals surface area contributed by atoms with E-state index in [1.54, 1.807) is 6.20 Å². The molecule has 0 spiro atoms. The van der Waals surface area contributed by atoms with Crippen LogP contribution >= 0.6 is 0 Å². The molecule has 1 N–H and O–H groups in total. The number of rotatable bonds is 3. The highest BCUT2D eigenvalue weighted by atomic mass is 16.6. The first kappa shape index (κ1) is 12.7. The minimum Gasteiger partial charge on any atom is -0.416 e. The van der Waals surface area contributed by atoms with Crippen LogP contribution in [0.2, 0.25) is 0 Å². The van der Waals surface area contributed by atoms with E-state index in [0.29, 0.717) is 11.6 Å². The molecule has 7 heteroatoms. The molecule has 0 unspecified atom stereocenters. The van der Waals surface area contributed by atoms with Crippen molar-refractivity contribution in [3.63, 3.8) is 0 Å². The molecule has 1 saturated heterocycles. The van der Waals surface area contributed by atoms with Crippen LogP contribution in [0, 0.1) is 5.41 Å². The topological polar surface area (TPSA) is 78.6 Å². The number of nitrogens with one attached hydrogen (secondary N) is 1. The van der Waals surface area contributed by atoms with E-state index in [1.165, 1.54) is 23.8 Å². The van der Waals surface area contributed by atoms with Gasteiger partial charge in [0, 0.05) is 13.2 Å². The van der Waals surface area contributed by atoms with Gasteiger partial charge in [0.05, 0.1) is 5.69 Å². The summed E-state index contributed by atoms with van der Waals surface area (Å²) in [6.07, 6.45) is 3.98. The standard InChI is InChI=1S/C13H16N4O3/c1-15-11(18)7-16(13(15)19)10-5-9(8-3-4-8)6-17(20-2)12(10)14/h5-6,8,14H,3-4,7H2,1-2H3. The summed E-state index contributed by atoms with van der Waals surface area (Å²) in [5.74, 6) is 0.192. The minimum atomic E-state index is -0.404. The molecule has 20 heavy (non-hydrogen) atoms. The first-order chi connectivity index (χ1) is 9.52. The predicted octanol–water partition coefficient (Wildman–Crippen LogP) is 0.302. The molecule has 1 saturated carbocycles. The normalized spacial score (nSPS) is 18.9. The highest BCUT2D eigenvalue weighted by Gasteiger charge is 2.36. The van der Waals surface area contributed by atoms with Crippen LogP contribution in [0.4, 0.5) is 10.5 Å². The highest BCUT2D eigenvalue weighted by Crippen LogP contribution is 2.40. The van der Waals surface area contributed by atoms with Crippen molar-refractivity contribution >= 4 is 17.6 Å². The lowest BCUT2D eigenvalue weighted by molar-refractivity contribution is -0.123. The maximum atomic E-state index is 12.1. The molecular formula is C13H16N4O3. The van der Waals surface area contributed by atoms with Gasteiger partial charge in [0.1, 0.15) is 13.7 Å². The van der Waals surface area contributed by atoms with E-state index >= 15 is 0 Å². The lowest BCUT2D eigenvalue weighted by atomic mass is 10.1. The molecule has 0 radical (unpaired) electrons. The monoisotopic (exact) mass is 276 g/mol. The number of nitrogens with zero attached hydrogens (tertiary/aromatic N) is 3. The Labute approximate surface area is 115 Å². The average Bonchev–Trinajstić information content (AvgIpc) is 3.24. The number of pyridine rings is 1. The molecule has 2 aliphatic rings. The SMILES string of the molecule is COn1cc(C2CC2)cc(N2CC(=O)N(C)C2=O)c1=N. The molecular weight excluding hydrogens is 260 g/mol. The highest BCUT2D eigenvalue weighted by molar-refractivity contribution is 6.11. The van der Waals surface area contributed by atoms with Crippen LogP contribution in [-0.4, -0.2) is 42.3 Å². The van der Waals surface area contributed by atoms with Gasteiger partial charge in [0.15, 0.2) is 5.49 Å². The Morgan fingerprint density at radius 3 is 2.55 bits per heavy atom. The van der Waals surface area contributed by atoms with Crippen LogP contribution in [0.25, 0.3) is 0 Å². The predicted molar refractivity (Wildman–Crippen MR) is 70.3 cm³/mol. The van der Waals surface area contributed by atoms with Crippen molar-refractivity contribution in [2.75, 3.05) is 25.6 Å². The Balaban J connectivity index is 2.08.